The van der Waals surface area contributed by atoms with E-state index in [4.69, 9.17) is 9.84 Å². The number of carboxylic acid groups (broad SMARTS) is 1. The minimum atomic E-state index is -1.20. The van der Waals surface area contributed by atoms with Crippen LogP contribution in [0.15, 0.2) is 48.5 Å². The van der Waals surface area contributed by atoms with E-state index in [1.54, 1.807) is 0 Å². The lowest BCUT2D eigenvalue weighted by molar-refractivity contribution is -0.143. The third-order valence-corrected chi connectivity index (χ3v) is 6.53. The lowest BCUT2D eigenvalue weighted by Gasteiger charge is -2.23. The summed E-state index contributed by atoms with van der Waals surface area (Å²) < 4.78 is 5.58. The fourth-order valence-electron chi connectivity index (χ4n) is 4.90. The molecule has 2 aromatic carbocycles. The fraction of sp³-hybridized carbons (Fsp3) is 0.400. The normalized spacial score (nSPS) is 19.9. The first-order chi connectivity index (χ1) is 16.0. The number of fused-ring (bicyclic) bond motifs is 3. The smallest absolute Gasteiger partial charge is 0.407 e. The SMILES string of the molecule is O=C(N[C@H]1CCC[C@H]1C(=O)NC(CCO)C(=O)O)OCC1c2ccccc2-c2ccccc21. The fourth-order valence-corrected chi connectivity index (χ4v) is 4.90. The molecule has 2 aromatic rings. The van der Waals surface area contributed by atoms with Gasteiger partial charge in [-0.15, -0.1) is 0 Å². The molecule has 4 rings (SSSR count). The molecule has 4 N–H and O–H groups in total. The van der Waals surface area contributed by atoms with Gasteiger partial charge in [-0.05, 0) is 35.1 Å². The second-order valence-electron chi connectivity index (χ2n) is 8.53. The Morgan fingerprint density at radius 1 is 1.00 bits per heavy atom. The average molecular weight is 453 g/mol. The van der Waals surface area contributed by atoms with Gasteiger partial charge in [0.05, 0.1) is 5.92 Å². The Hall–Kier alpha value is -3.39. The molecule has 33 heavy (non-hydrogen) atoms. The second kappa shape index (κ2) is 10.0. The molecule has 0 aliphatic heterocycles. The number of amides is 2. The Balaban J connectivity index is 1.36. The van der Waals surface area contributed by atoms with Gasteiger partial charge in [0.2, 0.25) is 5.91 Å². The van der Waals surface area contributed by atoms with E-state index in [9.17, 15) is 19.5 Å². The summed E-state index contributed by atoms with van der Waals surface area (Å²) in [6, 6.07) is 14.6. The van der Waals surface area contributed by atoms with Gasteiger partial charge < -0.3 is 25.6 Å². The van der Waals surface area contributed by atoms with Gasteiger partial charge in [0.25, 0.3) is 0 Å². The molecule has 2 aliphatic carbocycles. The Morgan fingerprint density at radius 2 is 1.64 bits per heavy atom. The molecule has 174 valence electrons. The number of carbonyl (C=O) groups excluding carboxylic acids is 2. The van der Waals surface area contributed by atoms with E-state index in [1.165, 1.54) is 0 Å². The van der Waals surface area contributed by atoms with E-state index in [2.05, 4.69) is 22.8 Å². The van der Waals surface area contributed by atoms with Gasteiger partial charge in [-0.1, -0.05) is 55.0 Å². The second-order valence-corrected chi connectivity index (χ2v) is 8.53. The highest BCUT2D eigenvalue weighted by atomic mass is 16.5. The van der Waals surface area contributed by atoms with Crippen molar-refractivity contribution in [2.24, 2.45) is 5.92 Å². The summed E-state index contributed by atoms with van der Waals surface area (Å²) in [7, 11) is 0. The van der Waals surface area contributed by atoms with Gasteiger partial charge in [-0.2, -0.15) is 0 Å². The minimum Gasteiger partial charge on any atom is -0.480 e. The predicted molar refractivity (Wildman–Crippen MR) is 121 cm³/mol. The van der Waals surface area contributed by atoms with Crippen LogP contribution in [0.1, 0.15) is 42.7 Å². The summed E-state index contributed by atoms with van der Waals surface area (Å²) in [5.41, 5.74) is 4.53. The number of carboxylic acids is 1. The summed E-state index contributed by atoms with van der Waals surface area (Å²) >= 11 is 0. The number of aliphatic hydroxyl groups excluding tert-OH is 1. The van der Waals surface area contributed by atoms with Crippen LogP contribution < -0.4 is 10.6 Å². The first-order valence-corrected chi connectivity index (χ1v) is 11.2. The molecule has 0 aromatic heterocycles. The summed E-state index contributed by atoms with van der Waals surface area (Å²) in [5, 5.41) is 23.5. The molecular weight excluding hydrogens is 424 g/mol. The third kappa shape index (κ3) is 4.85. The molecular formula is C25H28N2O6. The number of rotatable bonds is 8. The van der Waals surface area contributed by atoms with Crippen molar-refractivity contribution in [3.05, 3.63) is 59.7 Å². The lowest BCUT2D eigenvalue weighted by Crippen LogP contribution is -2.49. The van der Waals surface area contributed by atoms with Crippen LogP contribution in [0.5, 0.6) is 0 Å². The van der Waals surface area contributed by atoms with E-state index in [0.29, 0.717) is 12.8 Å². The van der Waals surface area contributed by atoms with Crippen LogP contribution in [0.25, 0.3) is 11.1 Å². The number of aliphatic carboxylic acids is 1. The molecule has 2 amide bonds. The summed E-state index contributed by atoms with van der Waals surface area (Å²) in [6.07, 6.45) is 1.24. The third-order valence-electron chi connectivity index (χ3n) is 6.53. The van der Waals surface area contributed by atoms with Crippen molar-refractivity contribution < 1.29 is 29.3 Å². The van der Waals surface area contributed by atoms with Crippen LogP contribution in [0.3, 0.4) is 0 Å². The first-order valence-electron chi connectivity index (χ1n) is 11.2. The summed E-state index contributed by atoms with van der Waals surface area (Å²) in [5.74, 6) is -2.22. The molecule has 0 radical (unpaired) electrons. The standard InChI is InChI=1S/C25H28N2O6/c28-13-12-22(24(30)31)26-23(29)19-10-5-11-21(19)27-25(32)33-14-20-17-8-3-1-6-15(17)16-7-2-4-9-18(16)20/h1-4,6-9,19-22,28H,5,10-14H2,(H,26,29)(H,27,32)(H,30,31)/t19-,21+,22?/m1/s1. The van der Waals surface area contributed by atoms with Crippen molar-refractivity contribution in [2.45, 2.75) is 43.7 Å². The molecule has 1 saturated carbocycles. The maximum absolute atomic E-state index is 12.6. The topological polar surface area (TPSA) is 125 Å². The number of hydrogen-bond donors (Lipinski definition) is 4. The van der Waals surface area contributed by atoms with Gasteiger partial charge in [0.1, 0.15) is 12.6 Å². The molecule has 0 spiro atoms. The van der Waals surface area contributed by atoms with E-state index in [1.807, 2.05) is 36.4 Å². The number of aliphatic hydroxyl groups is 1. The number of benzene rings is 2. The van der Waals surface area contributed by atoms with Crippen LogP contribution in [0.4, 0.5) is 4.79 Å². The Labute approximate surface area is 192 Å². The summed E-state index contributed by atoms with van der Waals surface area (Å²) in [4.78, 5) is 36.5. The molecule has 0 bridgehead atoms. The quantitative estimate of drug-likeness (QED) is 0.488. The molecule has 3 atom stereocenters. The summed E-state index contributed by atoms with van der Waals surface area (Å²) in [6.45, 7) is -0.162. The number of hydrogen-bond acceptors (Lipinski definition) is 5. The highest BCUT2D eigenvalue weighted by molar-refractivity contribution is 5.86. The molecule has 8 heteroatoms. The van der Waals surface area contributed by atoms with Crippen molar-refractivity contribution in [3.8, 4) is 11.1 Å². The molecule has 0 saturated heterocycles. The Bertz CT molecular complexity index is 994. The zero-order valence-electron chi connectivity index (χ0n) is 18.2. The van der Waals surface area contributed by atoms with Crippen LogP contribution >= 0.6 is 0 Å². The Morgan fingerprint density at radius 3 is 2.24 bits per heavy atom. The predicted octanol–water partition coefficient (Wildman–Crippen LogP) is 2.65. The van der Waals surface area contributed by atoms with Gasteiger partial charge in [0.15, 0.2) is 0 Å². The lowest BCUT2D eigenvalue weighted by atomic mass is 9.98. The van der Waals surface area contributed by atoms with Crippen LogP contribution in [-0.4, -0.2) is 53.5 Å². The van der Waals surface area contributed by atoms with Crippen LogP contribution in [-0.2, 0) is 14.3 Å². The van der Waals surface area contributed by atoms with Crippen molar-refractivity contribution in [2.75, 3.05) is 13.2 Å². The van der Waals surface area contributed by atoms with Gasteiger partial charge in [0, 0.05) is 25.0 Å². The van der Waals surface area contributed by atoms with Gasteiger partial charge in [-0.25, -0.2) is 9.59 Å². The number of carbonyl (C=O) groups is 3. The maximum atomic E-state index is 12.6. The number of ether oxygens (including phenoxy) is 1. The van der Waals surface area contributed by atoms with Gasteiger partial charge >= 0.3 is 12.1 Å². The number of alkyl carbamates (subject to hydrolysis) is 1. The van der Waals surface area contributed by atoms with Crippen molar-refractivity contribution in [1.29, 1.82) is 0 Å². The number of nitrogens with one attached hydrogen (secondary N) is 2. The first kappa shape index (κ1) is 22.8. The molecule has 1 fully saturated rings. The molecule has 1 unspecified atom stereocenters. The largest absolute Gasteiger partial charge is 0.480 e. The highest BCUT2D eigenvalue weighted by Gasteiger charge is 2.36. The molecule has 8 nitrogen and oxygen atoms in total. The monoisotopic (exact) mass is 452 g/mol. The van der Waals surface area contributed by atoms with Crippen molar-refractivity contribution >= 4 is 18.0 Å². The maximum Gasteiger partial charge on any atom is 0.407 e. The van der Waals surface area contributed by atoms with E-state index < -0.39 is 36.0 Å². The molecule has 2 aliphatic rings. The van der Waals surface area contributed by atoms with E-state index in [-0.39, 0.29) is 25.6 Å². The minimum absolute atomic E-state index is 0.0550. The van der Waals surface area contributed by atoms with Crippen LogP contribution in [0.2, 0.25) is 0 Å². The average Bonchev–Trinajstić information content (AvgIpc) is 3.40. The zero-order valence-corrected chi connectivity index (χ0v) is 18.2. The van der Waals surface area contributed by atoms with E-state index in [0.717, 1.165) is 28.7 Å². The zero-order chi connectivity index (χ0) is 23.4. The Kier molecular flexibility index (Phi) is 6.93. The molecule has 0 heterocycles. The highest BCUT2D eigenvalue weighted by Crippen LogP contribution is 2.44. The van der Waals surface area contributed by atoms with Crippen molar-refractivity contribution in [3.63, 3.8) is 0 Å². The van der Waals surface area contributed by atoms with Crippen LogP contribution in [0, 0.1) is 5.92 Å². The van der Waals surface area contributed by atoms with E-state index >= 15 is 0 Å². The van der Waals surface area contributed by atoms with Crippen molar-refractivity contribution in [1.82, 2.24) is 10.6 Å². The van der Waals surface area contributed by atoms with Gasteiger partial charge in [-0.3, -0.25) is 4.79 Å².